The van der Waals surface area contributed by atoms with Crippen molar-refractivity contribution in [1.29, 1.82) is 0 Å². The number of aromatic hydroxyl groups is 3. The molecule has 0 spiro atoms. The number of carbonyl (C=O) groups is 1. The lowest BCUT2D eigenvalue weighted by Gasteiger charge is -2.15. The first-order chi connectivity index (χ1) is 11.2. The Morgan fingerprint density at radius 2 is 1.54 bits per heavy atom. The molecule has 0 radical (unpaired) electrons. The lowest BCUT2D eigenvalue weighted by molar-refractivity contribution is 0.0933. The molecule has 0 aliphatic rings. The molecule has 0 aromatic heterocycles. The summed E-state index contributed by atoms with van der Waals surface area (Å²) in [7, 11) is 0. The fourth-order valence-corrected chi connectivity index (χ4v) is 2.61. The molecule has 0 heterocycles. The zero-order valence-electron chi connectivity index (χ0n) is 14.5. The minimum absolute atomic E-state index is 0.128. The molecule has 3 N–H and O–H groups in total. The lowest BCUT2D eigenvalue weighted by atomic mass is 9.93. The van der Waals surface area contributed by atoms with E-state index in [9.17, 15) is 20.1 Å². The van der Waals surface area contributed by atoms with Crippen molar-refractivity contribution in [2.45, 2.75) is 40.0 Å². The number of Topliss-reactive ketones (excluding diaryl/α,β-unsaturated/α-hetero) is 1. The highest BCUT2D eigenvalue weighted by Gasteiger charge is 2.24. The van der Waals surface area contributed by atoms with E-state index in [2.05, 4.69) is 13.8 Å². The number of phenols is 3. The normalized spacial score (nSPS) is 11.2. The van der Waals surface area contributed by atoms with Crippen LogP contribution in [0.2, 0.25) is 0 Å². The summed E-state index contributed by atoms with van der Waals surface area (Å²) in [5, 5.41) is 30.5. The third-order valence-electron chi connectivity index (χ3n) is 4.16. The first-order valence-electron chi connectivity index (χ1n) is 8.12. The molecule has 24 heavy (non-hydrogen) atoms. The Balaban J connectivity index is 2.43. The van der Waals surface area contributed by atoms with Crippen LogP contribution >= 0.6 is 0 Å². The van der Waals surface area contributed by atoms with Crippen molar-refractivity contribution in [3.05, 3.63) is 52.6 Å². The fraction of sp³-hybridized carbons (Fsp3) is 0.350. The molecule has 2 rings (SSSR count). The molecular formula is C20H24O4. The van der Waals surface area contributed by atoms with Crippen molar-refractivity contribution in [3.63, 3.8) is 0 Å². The highest BCUT2D eigenvalue weighted by molar-refractivity contribution is 6.03. The summed E-state index contributed by atoms with van der Waals surface area (Å²) in [6, 6.07) is 9.01. The number of ketones is 1. The van der Waals surface area contributed by atoms with Gasteiger partial charge >= 0.3 is 0 Å². The van der Waals surface area contributed by atoms with Crippen LogP contribution in [0.25, 0.3) is 0 Å². The van der Waals surface area contributed by atoms with Gasteiger partial charge in [-0.3, -0.25) is 4.79 Å². The van der Waals surface area contributed by atoms with E-state index in [1.54, 1.807) is 13.8 Å². The van der Waals surface area contributed by atoms with Gasteiger partial charge in [-0.15, -0.1) is 0 Å². The highest BCUT2D eigenvalue weighted by atomic mass is 16.3. The molecule has 128 valence electrons. The summed E-state index contributed by atoms with van der Waals surface area (Å²) in [4.78, 5) is 12.2. The summed E-state index contributed by atoms with van der Waals surface area (Å²) in [6.45, 7) is 7.60. The van der Waals surface area contributed by atoms with E-state index < -0.39 is 5.75 Å². The van der Waals surface area contributed by atoms with Crippen molar-refractivity contribution >= 4 is 5.78 Å². The van der Waals surface area contributed by atoms with Crippen LogP contribution in [0.4, 0.5) is 0 Å². The summed E-state index contributed by atoms with van der Waals surface area (Å²) in [5.41, 5.74) is 2.22. The summed E-state index contributed by atoms with van der Waals surface area (Å²) in [5.74, 6) is -1.28. The molecule has 4 nitrogen and oxygen atoms in total. The van der Waals surface area contributed by atoms with Crippen molar-refractivity contribution in [2.75, 3.05) is 0 Å². The van der Waals surface area contributed by atoms with Crippen LogP contribution in [0.15, 0.2) is 30.3 Å². The Morgan fingerprint density at radius 3 is 2.04 bits per heavy atom. The van der Waals surface area contributed by atoms with Crippen LogP contribution < -0.4 is 0 Å². The number of hydrogen-bond donors (Lipinski definition) is 3. The standard InChI is InChI=1S/C20H24O4/c1-11(2)14-7-5-13(6-8-14)9-15-16(21)10-17(22)18(20(15)24)19(23)12(3)4/h5-8,10-12,21-22,24H,9H2,1-4H3. The predicted octanol–water partition coefficient (Wildman–Crippen LogP) is 4.36. The van der Waals surface area contributed by atoms with Crippen LogP contribution in [-0.4, -0.2) is 21.1 Å². The fourth-order valence-electron chi connectivity index (χ4n) is 2.61. The lowest BCUT2D eigenvalue weighted by Crippen LogP contribution is -2.09. The number of hydrogen-bond acceptors (Lipinski definition) is 4. The van der Waals surface area contributed by atoms with Crippen LogP contribution in [0.3, 0.4) is 0 Å². The second kappa shape index (κ2) is 6.95. The predicted molar refractivity (Wildman–Crippen MR) is 93.9 cm³/mol. The Labute approximate surface area is 142 Å². The molecule has 0 amide bonds. The van der Waals surface area contributed by atoms with E-state index >= 15 is 0 Å². The smallest absolute Gasteiger partial charge is 0.172 e. The topological polar surface area (TPSA) is 77.8 Å². The molecule has 0 bridgehead atoms. The maximum atomic E-state index is 12.2. The van der Waals surface area contributed by atoms with Gasteiger partial charge in [0.2, 0.25) is 0 Å². The minimum atomic E-state index is -0.400. The number of carbonyl (C=O) groups excluding carboxylic acids is 1. The van der Waals surface area contributed by atoms with Crippen LogP contribution in [0.1, 0.15) is 60.7 Å². The van der Waals surface area contributed by atoms with Crippen molar-refractivity contribution < 1.29 is 20.1 Å². The second-order valence-electron chi connectivity index (χ2n) is 6.71. The van der Waals surface area contributed by atoms with E-state index in [0.717, 1.165) is 11.6 Å². The van der Waals surface area contributed by atoms with Gasteiger partial charge in [-0.1, -0.05) is 52.0 Å². The third kappa shape index (κ3) is 3.53. The first kappa shape index (κ1) is 17.9. The Morgan fingerprint density at radius 1 is 0.958 bits per heavy atom. The minimum Gasteiger partial charge on any atom is -0.507 e. The van der Waals surface area contributed by atoms with Crippen LogP contribution in [-0.2, 0) is 6.42 Å². The zero-order chi connectivity index (χ0) is 18.0. The molecule has 0 aliphatic carbocycles. The average molecular weight is 328 g/mol. The van der Waals surface area contributed by atoms with E-state index in [-0.39, 0.29) is 40.7 Å². The van der Waals surface area contributed by atoms with Crippen molar-refractivity contribution in [3.8, 4) is 17.2 Å². The van der Waals surface area contributed by atoms with Crippen molar-refractivity contribution in [1.82, 2.24) is 0 Å². The molecule has 2 aromatic carbocycles. The second-order valence-corrected chi connectivity index (χ2v) is 6.71. The van der Waals surface area contributed by atoms with E-state index in [4.69, 9.17) is 0 Å². The molecule has 0 unspecified atom stereocenters. The van der Waals surface area contributed by atoms with E-state index in [1.165, 1.54) is 5.56 Å². The molecule has 0 saturated heterocycles. The Bertz CT molecular complexity index is 743. The molecule has 0 fully saturated rings. The summed E-state index contributed by atoms with van der Waals surface area (Å²) < 4.78 is 0. The van der Waals surface area contributed by atoms with Crippen molar-refractivity contribution in [2.24, 2.45) is 5.92 Å². The van der Waals surface area contributed by atoms with Gasteiger partial charge in [0.15, 0.2) is 5.78 Å². The van der Waals surface area contributed by atoms with Gasteiger partial charge in [-0.2, -0.15) is 0 Å². The van der Waals surface area contributed by atoms with Gasteiger partial charge in [0.25, 0.3) is 0 Å². The third-order valence-corrected chi connectivity index (χ3v) is 4.16. The van der Waals surface area contributed by atoms with Gasteiger partial charge in [0.05, 0.1) is 0 Å². The Hall–Kier alpha value is -2.49. The average Bonchev–Trinajstić information content (AvgIpc) is 2.51. The van der Waals surface area contributed by atoms with E-state index in [1.807, 2.05) is 24.3 Å². The molecular weight excluding hydrogens is 304 g/mol. The SMILES string of the molecule is CC(C)C(=O)c1c(O)cc(O)c(Cc2ccc(C(C)C)cc2)c1O. The summed E-state index contributed by atoms with van der Waals surface area (Å²) in [6.07, 6.45) is 0.273. The largest absolute Gasteiger partial charge is 0.507 e. The Kier molecular flexibility index (Phi) is 5.17. The highest BCUT2D eigenvalue weighted by Crippen LogP contribution is 2.39. The van der Waals surface area contributed by atoms with Gasteiger partial charge in [-0.05, 0) is 17.0 Å². The number of benzene rings is 2. The number of phenolic OH excluding ortho intramolecular Hbond substituents is 3. The van der Waals surface area contributed by atoms with Gasteiger partial charge in [-0.25, -0.2) is 0 Å². The quantitative estimate of drug-likeness (QED) is 0.713. The molecule has 2 aromatic rings. The maximum Gasteiger partial charge on any atom is 0.172 e. The van der Waals surface area contributed by atoms with E-state index in [0.29, 0.717) is 5.92 Å². The van der Waals surface area contributed by atoms with Crippen LogP contribution in [0, 0.1) is 5.92 Å². The zero-order valence-corrected chi connectivity index (χ0v) is 14.5. The molecule has 0 aliphatic heterocycles. The van der Waals surface area contributed by atoms with Gasteiger partial charge < -0.3 is 15.3 Å². The molecule has 0 atom stereocenters. The summed E-state index contributed by atoms with van der Waals surface area (Å²) >= 11 is 0. The molecule has 0 saturated carbocycles. The van der Waals surface area contributed by atoms with Gasteiger partial charge in [0, 0.05) is 24.0 Å². The maximum absolute atomic E-state index is 12.2. The molecule has 4 heteroatoms. The van der Waals surface area contributed by atoms with Gasteiger partial charge in [0.1, 0.15) is 22.8 Å². The first-order valence-corrected chi connectivity index (χ1v) is 8.12. The number of rotatable bonds is 5. The monoisotopic (exact) mass is 328 g/mol. The van der Waals surface area contributed by atoms with Crippen LogP contribution in [0.5, 0.6) is 17.2 Å².